The molecule has 0 atom stereocenters. The predicted molar refractivity (Wildman–Crippen MR) is 79.5 cm³/mol. The van der Waals surface area contributed by atoms with E-state index in [2.05, 4.69) is 60.2 Å². The Balaban J connectivity index is 2.80. The fraction of sp³-hybridized carbons (Fsp3) is 0.538. The molecule has 96 valence electrons. The molecule has 0 fully saturated rings. The van der Waals surface area contributed by atoms with Crippen LogP contribution in [0.25, 0.3) is 0 Å². The Hall–Kier alpha value is -0.740. The molecule has 0 aromatic heterocycles. The highest BCUT2D eigenvalue weighted by Gasteiger charge is 2.20. The molecule has 0 saturated carbocycles. The molecule has 1 aromatic carbocycles. The summed E-state index contributed by atoms with van der Waals surface area (Å²) < 4.78 is 1.01. The number of benzene rings is 1. The van der Waals surface area contributed by atoms with Gasteiger partial charge in [-0.3, -0.25) is 0 Å². The van der Waals surface area contributed by atoms with Crippen LogP contribution >= 0.6 is 15.9 Å². The van der Waals surface area contributed by atoms with Gasteiger partial charge in [-0.05, 0) is 68.5 Å². The largest absolute Gasteiger partial charge is 0.398 e. The van der Waals surface area contributed by atoms with Gasteiger partial charge in [0.05, 0.1) is 0 Å². The second-order valence-corrected chi connectivity index (χ2v) is 6.10. The summed E-state index contributed by atoms with van der Waals surface area (Å²) in [6, 6.07) is 4.02. The van der Waals surface area contributed by atoms with Crippen LogP contribution in [0.4, 0.5) is 11.4 Å². The van der Waals surface area contributed by atoms with Gasteiger partial charge in [0.25, 0.3) is 0 Å². The van der Waals surface area contributed by atoms with Crippen LogP contribution in [0.3, 0.4) is 0 Å². The lowest BCUT2D eigenvalue weighted by atomic mass is 10.0. The predicted octanol–water partition coefficient (Wildman–Crippen LogP) is 3.09. The Morgan fingerprint density at radius 1 is 1.35 bits per heavy atom. The number of nitrogen functional groups attached to an aromatic ring is 1. The summed E-state index contributed by atoms with van der Waals surface area (Å²) in [5.74, 6) is 0. The fourth-order valence-corrected chi connectivity index (χ4v) is 1.80. The highest BCUT2D eigenvalue weighted by molar-refractivity contribution is 9.10. The monoisotopic (exact) mass is 299 g/mol. The first-order chi connectivity index (χ1) is 7.74. The molecule has 0 spiro atoms. The van der Waals surface area contributed by atoms with Crippen molar-refractivity contribution in [1.29, 1.82) is 0 Å². The normalized spacial score (nSPS) is 11.9. The highest BCUT2D eigenvalue weighted by atomic mass is 79.9. The van der Waals surface area contributed by atoms with E-state index in [0.29, 0.717) is 0 Å². The van der Waals surface area contributed by atoms with Crippen molar-refractivity contribution in [2.75, 3.05) is 31.7 Å². The van der Waals surface area contributed by atoms with Crippen LogP contribution in [0.5, 0.6) is 0 Å². The number of rotatable bonds is 4. The molecule has 0 radical (unpaired) electrons. The molecule has 17 heavy (non-hydrogen) atoms. The van der Waals surface area contributed by atoms with Crippen LogP contribution in [-0.2, 0) is 0 Å². The van der Waals surface area contributed by atoms with Crippen molar-refractivity contribution in [1.82, 2.24) is 4.90 Å². The minimum Gasteiger partial charge on any atom is -0.398 e. The Kier molecular flexibility index (Phi) is 4.44. The molecule has 0 aliphatic rings. The number of nitrogens with zero attached hydrogens (tertiary/aromatic N) is 1. The van der Waals surface area contributed by atoms with Gasteiger partial charge in [0.2, 0.25) is 0 Å². The van der Waals surface area contributed by atoms with Crippen LogP contribution in [0.15, 0.2) is 16.6 Å². The van der Waals surface area contributed by atoms with Gasteiger partial charge in [0, 0.05) is 27.9 Å². The fourth-order valence-electron chi connectivity index (χ4n) is 1.30. The van der Waals surface area contributed by atoms with Crippen LogP contribution in [0.2, 0.25) is 0 Å². The number of hydrogen-bond acceptors (Lipinski definition) is 3. The third-order valence-electron chi connectivity index (χ3n) is 3.28. The minimum atomic E-state index is 0.106. The number of aryl methyl sites for hydroxylation is 1. The van der Waals surface area contributed by atoms with E-state index in [1.54, 1.807) is 0 Å². The van der Waals surface area contributed by atoms with Gasteiger partial charge in [-0.1, -0.05) is 0 Å². The van der Waals surface area contributed by atoms with Crippen LogP contribution in [0, 0.1) is 6.92 Å². The maximum Gasteiger partial charge on any atom is 0.0489 e. The van der Waals surface area contributed by atoms with Crippen molar-refractivity contribution in [3.63, 3.8) is 0 Å². The molecular weight excluding hydrogens is 278 g/mol. The molecule has 0 heterocycles. The third-order valence-corrected chi connectivity index (χ3v) is 3.93. The van der Waals surface area contributed by atoms with Gasteiger partial charge in [-0.15, -0.1) is 0 Å². The van der Waals surface area contributed by atoms with Gasteiger partial charge in [0.1, 0.15) is 0 Å². The molecule has 0 amide bonds. The van der Waals surface area contributed by atoms with E-state index in [0.717, 1.165) is 28.0 Å². The molecule has 0 aliphatic carbocycles. The minimum absolute atomic E-state index is 0.106. The molecule has 3 nitrogen and oxygen atoms in total. The highest BCUT2D eigenvalue weighted by Crippen LogP contribution is 2.28. The topological polar surface area (TPSA) is 41.3 Å². The first-order valence-corrected chi connectivity index (χ1v) is 6.50. The van der Waals surface area contributed by atoms with E-state index in [4.69, 9.17) is 5.73 Å². The number of halogens is 1. The lowest BCUT2D eigenvalue weighted by molar-refractivity contribution is 0.210. The zero-order valence-corrected chi connectivity index (χ0v) is 12.9. The quantitative estimate of drug-likeness (QED) is 0.840. The Morgan fingerprint density at radius 3 is 2.47 bits per heavy atom. The average Bonchev–Trinajstić information content (AvgIpc) is 2.21. The van der Waals surface area contributed by atoms with E-state index in [1.807, 2.05) is 13.0 Å². The summed E-state index contributed by atoms with van der Waals surface area (Å²) in [7, 11) is 4.18. The Morgan fingerprint density at radius 2 is 1.94 bits per heavy atom. The first-order valence-electron chi connectivity index (χ1n) is 5.71. The van der Waals surface area contributed by atoms with E-state index < -0.39 is 0 Å². The molecule has 1 aromatic rings. The average molecular weight is 300 g/mol. The van der Waals surface area contributed by atoms with Gasteiger partial charge in [-0.2, -0.15) is 0 Å². The van der Waals surface area contributed by atoms with Crippen molar-refractivity contribution >= 4 is 27.3 Å². The Labute approximate surface area is 113 Å². The summed E-state index contributed by atoms with van der Waals surface area (Å²) in [4.78, 5) is 2.21. The smallest absolute Gasteiger partial charge is 0.0489 e. The molecule has 0 bridgehead atoms. The van der Waals surface area contributed by atoms with Gasteiger partial charge in [0.15, 0.2) is 0 Å². The van der Waals surface area contributed by atoms with Gasteiger partial charge in [-0.25, -0.2) is 0 Å². The number of nitrogens with two attached hydrogens (primary N) is 1. The summed E-state index contributed by atoms with van der Waals surface area (Å²) in [6.45, 7) is 7.31. The summed E-state index contributed by atoms with van der Waals surface area (Å²) in [5.41, 5.74) is 8.96. The SMILES string of the molecule is Cc1cc(NCC(C)(C)N(C)C)c(Br)cc1N. The third kappa shape index (κ3) is 3.61. The molecule has 0 unspecified atom stereocenters. The Bertz CT molecular complexity index is 400. The lowest BCUT2D eigenvalue weighted by Gasteiger charge is -2.33. The maximum atomic E-state index is 5.85. The van der Waals surface area contributed by atoms with Crippen LogP contribution in [-0.4, -0.2) is 31.1 Å². The van der Waals surface area contributed by atoms with Crippen LogP contribution < -0.4 is 11.1 Å². The van der Waals surface area contributed by atoms with Crippen molar-refractivity contribution in [3.05, 3.63) is 22.2 Å². The lowest BCUT2D eigenvalue weighted by Crippen LogP contribution is -2.44. The summed E-state index contributed by atoms with van der Waals surface area (Å²) in [5, 5.41) is 3.46. The van der Waals surface area contributed by atoms with Crippen molar-refractivity contribution in [2.45, 2.75) is 26.3 Å². The van der Waals surface area contributed by atoms with Crippen molar-refractivity contribution in [2.24, 2.45) is 0 Å². The molecular formula is C13H22BrN3. The van der Waals surface area contributed by atoms with Crippen molar-refractivity contribution < 1.29 is 0 Å². The van der Waals surface area contributed by atoms with E-state index in [9.17, 15) is 0 Å². The van der Waals surface area contributed by atoms with Gasteiger partial charge < -0.3 is 16.0 Å². The number of likely N-dealkylation sites (N-methyl/N-ethyl adjacent to an activating group) is 1. The number of anilines is 2. The van der Waals surface area contributed by atoms with Gasteiger partial charge >= 0.3 is 0 Å². The van der Waals surface area contributed by atoms with Crippen molar-refractivity contribution in [3.8, 4) is 0 Å². The molecule has 0 aliphatic heterocycles. The first kappa shape index (κ1) is 14.3. The standard InChI is InChI=1S/C13H22BrN3/c1-9-6-12(10(14)7-11(9)15)16-8-13(2,3)17(4)5/h6-7,16H,8,15H2,1-5H3. The zero-order valence-electron chi connectivity index (χ0n) is 11.3. The van der Waals surface area contributed by atoms with E-state index >= 15 is 0 Å². The molecule has 0 saturated heterocycles. The molecule has 4 heteroatoms. The zero-order chi connectivity index (χ0) is 13.2. The molecule has 1 rings (SSSR count). The number of hydrogen-bond donors (Lipinski definition) is 2. The van der Waals surface area contributed by atoms with E-state index in [-0.39, 0.29) is 5.54 Å². The van der Waals surface area contributed by atoms with E-state index in [1.165, 1.54) is 0 Å². The number of nitrogens with one attached hydrogen (secondary N) is 1. The summed E-state index contributed by atoms with van der Waals surface area (Å²) >= 11 is 3.53. The second-order valence-electron chi connectivity index (χ2n) is 5.25. The second kappa shape index (κ2) is 5.27. The maximum absolute atomic E-state index is 5.85. The van der Waals surface area contributed by atoms with Crippen LogP contribution in [0.1, 0.15) is 19.4 Å². The summed E-state index contributed by atoms with van der Waals surface area (Å²) in [6.07, 6.45) is 0. The molecule has 3 N–H and O–H groups in total.